The Kier molecular flexibility index (Phi) is 5.53. The number of aryl methyl sites for hydroxylation is 1. The Morgan fingerprint density at radius 3 is 2.79 bits per heavy atom. The summed E-state index contributed by atoms with van der Waals surface area (Å²) in [6, 6.07) is 6.29. The summed E-state index contributed by atoms with van der Waals surface area (Å²) in [6.07, 6.45) is 5.39. The Labute approximate surface area is 121 Å². The Bertz CT molecular complexity index is 402. The lowest BCUT2D eigenvalue weighted by Crippen LogP contribution is -2.40. The van der Waals surface area contributed by atoms with E-state index in [4.69, 9.17) is 16.3 Å². The molecule has 0 aliphatic heterocycles. The van der Waals surface area contributed by atoms with Crippen LogP contribution in [0.1, 0.15) is 38.2 Å². The van der Waals surface area contributed by atoms with Crippen LogP contribution in [0.5, 0.6) is 5.75 Å². The first-order chi connectivity index (χ1) is 9.20. The van der Waals surface area contributed by atoms with Gasteiger partial charge in [-0.15, -0.1) is 0 Å². The highest BCUT2D eigenvalue weighted by Crippen LogP contribution is 2.29. The number of ether oxygens (including phenoxy) is 1. The summed E-state index contributed by atoms with van der Waals surface area (Å²) >= 11 is 6.02. The number of likely N-dealkylation sites (N-methyl/N-ethyl adjacent to an activating group) is 1. The fourth-order valence-corrected chi connectivity index (χ4v) is 3.05. The molecule has 2 nitrogen and oxygen atoms in total. The van der Waals surface area contributed by atoms with E-state index >= 15 is 0 Å². The van der Waals surface area contributed by atoms with E-state index in [9.17, 15) is 0 Å². The van der Waals surface area contributed by atoms with Crippen molar-refractivity contribution in [3.05, 3.63) is 28.8 Å². The highest BCUT2D eigenvalue weighted by molar-refractivity contribution is 6.30. The normalized spacial score (nSPS) is 17.6. The quantitative estimate of drug-likeness (QED) is 0.844. The van der Waals surface area contributed by atoms with Crippen LogP contribution < -0.4 is 10.1 Å². The topological polar surface area (TPSA) is 21.3 Å². The largest absolute Gasteiger partial charge is 0.492 e. The van der Waals surface area contributed by atoms with Gasteiger partial charge in [0.25, 0.3) is 0 Å². The zero-order valence-corrected chi connectivity index (χ0v) is 12.7. The van der Waals surface area contributed by atoms with Gasteiger partial charge in [-0.1, -0.05) is 37.4 Å². The van der Waals surface area contributed by atoms with E-state index < -0.39 is 0 Å². The zero-order valence-electron chi connectivity index (χ0n) is 11.9. The van der Waals surface area contributed by atoms with E-state index in [1.807, 2.05) is 18.2 Å². The lowest BCUT2D eigenvalue weighted by molar-refractivity contribution is 0.218. The molecule has 0 saturated heterocycles. The molecule has 19 heavy (non-hydrogen) atoms. The summed E-state index contributed by atoms with van der Waals surface area (Å²) in [6.45, 7) is 5.95. The maximum Gasteiger partial charge on any atom is 0.123 e. The smallest absolute Gasteiger partial charge is 0.123 e. The van der Waals surface area contributed by atoms with Crippen molar-refractivity contribution in [1.29, 1.82) is 0 Å². The molecule has 1 aromatic rings. The summed E-state index contributed by atoms with van der Waals surface area (Å²) < 4.78 is 6.00. The summed E-state index contributed by atoms with van der Waals surface area (Å²) in [7, 11) is 0. The number of halogens is 1. The van der Waals surface area contributed by atoms with Gasteiger partial charge in [-0.25, -0.2) is 0 Å². The van der Waals surface area contributed by atoms with Gasteiger partial charge in [0.2, 0.25) is 0 Å². The van der Waals surface area contributed by atoms with Crippen LogP contribution in [0.4, 0.5) is 0 Å². The summed E-state index contributed by atoms with van der Waals surface area (Å²) in [4.78, 5) is 0. The maximum atomic E-state index is 6.02. The van der Waals surface area contributed by atoms with Crippen molar-refractivity contribution in [2.75, 3.05) is 13.2 Å². The SMILES string of the molecule is CCNC(COc1cc(Cl)ccc1C)C1CCCC1. The molecule has 3 heteroatoms. The number of hydrogen-bond acceptors (Lipinski definition) is 2. The Morgan fingerprint density at radius 1 is 1.37 bits per heavy atom. The van der Waals surface area contributed by atoms with E-state index in [2.05, 4.69) is 19.2 Å². The van der Waals surface area contributed by atoms with Gasteiger partial charge < -0.3 is 10.1 Å². The lowest BCUT2D eigenvalue weighted by Gasteiger charge is -2.24. The Morgan fingerprint density at radius 2 is 2.11 bits per heavy atom. The Hall–Kier alpha value is -0.730. The van der Waals surface area contributed by atoms with E-state index in [0.29, 0.717) is 6.04 Å². The molecule has 1 fully saturated rings. The van der Waals surface area contributed by atoms with Crippen LogP contribution in [-0.4, -0.2) is 19.2 Å². The highest BCUT2D eigenvalue weighted by atomic mass is 35.5. The van der Waals surface area contributed by atoms with Crippen molar-refractivity contribution in [2.24, 2.45) is 5.92 Å². The first-order valence-electron chi connectivity index (χ1n) is 7.33. The van der Waals surface area contributed by atoms with E-state index in [1.54, 1.807) is 0 Å². The molecule has 1 atom stereocenters. The average Bonchev–Trinajstić information content (AvgIpc) is 2.92. The molecule has 106 valence electrons. The molecule has 1 saturated carbocycles. The minimum atomic E-state index is 0.464. The number of benzene rings is 1. The van der Waals surface area contributed by atoms with Crippen LogP contribution in [0, 0.1) is 12.8 Å². The lowest BCUT2D eigenvalue weighted by atomic mass is 9.99. The molecule has 2 rings (SSSR count). The van der Waals surface area contributed by atoms with Crippen LogP contribution in [0.2, 0.25) is 5.02 Å². The van der Waals surface area contributed by atoms with Crippen molar-refractivity contribution in [1.82, 2.24) is 5.32 Å². The zero-order chi connectivity index (χ0) is 13.7. The van der Waals surface area contributed by atoms with Crippen LogP contribution in [0.25, 0.3) is 0 Å². The van der Waals surface area contributed by atoms with Crippen LogP contribution >= 0.6 is 11.6 Å². The number of rotatable bonds is 6. The predicted octanol–water partition coefficient (Wildman–Crippen LogP) is 4.20. The van der Waals surface area contributed by atoms with E-state index in [0.717, 1.165) is 35.4 Å². The monoisotopic (exact) mass is 281 g/mol. The molecule has 0 aromatic heterocycles. The molecular formula is C16H24ClNO. The summed E-state index contributed by atoms with van der Waals surface area (Å²) in [5.74, 6) is 1.67. The van der Waals surface area contributed by atoms with Gasteiger partial charge >= 0.3 is 0 Å². The van der Waals surface area contributed by atoms with Gasteiger partial charge in [0, 0.05) is 11.1 Å². The molecule has 0 amide bonds. The van der Waals surface area contributed by atoms with Crippen molar-refractivity contribution < 1.29 is 4.74 Å². The minimum absolute atomic E-state index is 0.464. The fraction of sp³-hybridized carbons (Fsp3) is 0.625. The maximum absolute atomic E-state index is 6.02. The minimum Gasteiger partial charge on any atom is -0.492 e. The predicted molar refractivity (Wildman–Crippen MR) is 81.1 cm³/mol. The van der Waals surface area contributed by atoms with Gasteiger partial charge in [-0.2, -0.15) is 0 Å². The molecule has 0 heterocycles. The number of nitrogens with one attached hydrogen (secondary N) is 1. The van der Waals surface area contributed by atoms with Crippen molar-refractivity contribution in [3.8, 4) is 5.75 Å². The molecule has 0 bridgehead atoms. The second-order valence-electron chi connectivity index (χ2n) is 5.43. The molecule has 1 aliphatic rings. The molecule has 0 spiro atoms. The first kappa shape index (κ1) is 14.7. The van der Waals surface area contributed by atoms with Crippen molar-refractivity contribution in [2.45, 2.75) is 45.6 Å². The van der Waals surface area contributed by atoms with Gasteiger partial charge in [0.05, 0.1) is 0 Å². The second kappa shape index (κ2) is 7.16. The van der Waals surface area contributed by atoms with Crippen LogP contribution in [0.3, 0.4) is 0 Å². The van der Waals surface area contributed by atoms with E-state index in [-0.39, 0.29) is 0 Å². The third kappa shape index (κ3) is 4.12. The third-order valence-corrected chi connectivity index (χ3v) is 4.24. The molecule has 1 unspecified atom stereocenters. The second-order valence-corrected chi connectivity index (χ2v) is 5.87. The fourth-order valence-electron chi connectivity index (χ4n) is 2.89. The van der Waals surface area contributed by atoms with E-state index in [1.165, 1.54) is 25.7 Å². The van der Waals surface area contributed by atoms with Crippen molar-refractivity contribution in [3.63, 3.8) is 0 Å². The molecule has 1 aliphatic carbocycles. The van der Waals surface area contributed by atoms with Gasteiger partial charge in [-0.3, -0.25) is 0 Å². The first-order valence-corrected chi connectivity index (χ1v) is 7.71. The van der Waals surface area contributed by atoms with Crippen molar-refractivity contribution >= 4 is 11.6 Å². The van der Waals surface area contributed by atoms with Crippen LogP contribution in [-0.2, 0) is 0 Å². The number of hydrogen-bond donors (Lipinski definition) is 1. The standard InChI is InChI=1S/C16H24ClNO/c1-3-18-15(13-6-4-5-7-13)11-19-16-10-14(17)9-8-12(16)2/h8-10,13,15,18H,3-7,11H2,1-2H3. The van der Waals surface area contributed by atoms with Crippen LogP contribution in [0.15, 0.2) is 18.2 Å². The highest BCUT2D eigenvalue weighted by Gasteiger charge is 2.24. The van der Waals surface area contributed by atoms with Gasteiger partial charge in [0.15, 0.2) is 0 Å². The molecule has 1 aromatic carbocycles. The third-order valence-electron chi connectivity index (χ3n) is 4.00. The Balaban J connectivity index is 1.95. The summed E-state index contributed by atoms with van der Waals surface area (Å²) in [5.41, 5.74) is 1.14. The molecular weight excluding hydrogens is 258 g/mol. The summed E-state index contributed by atoms with van der Waals surface area (Å²) in [5, 5.41) is 4.31. The molecule has 1 N–H and O–H groups in total. The average molecular weight is 282 g/mol. The van der Waals surface area contributed by atoms with Gasteiger partial charge in [0.1, 0.15) is 12.4 Å². The van der Waals surface area contributed by atoms with Gasteiger partial charge in [-0.05, 0) is 49.9 Å². The molecule has 0 radical (unpaired) electrons.